The van der Waals surface area contributed by atoms with Crippen molar-refractivity contribution in [2.75, 3.05) is 30.9 Å². The first-order valence-electron chi connectivity index (χ1n) is 7.09. The number of anilines is 1. The van der Waals surface area contributed by atoms with Crippen LogP contribution in [0.25, 0.3) is 0 Å². The molecule has 118 valence electrons. The lowest BCUT2D eigenvalue weighted by Gasteiger charge is -2.25. The standard InChI is InChI=1S/C13H22N4O3S/c1-9(2)17-12(14-15-13(17)21-8-11(18)19)16(6-7-20-3)10-4-5-10/h9-10H,4-8H2,1-3H3,(H,18,19). The fourth-order valence-electron chi connectivity index (χ4n) is 2.16. The molecule has 1 aromatic heterocycles. The molecular formula is C13H22N4O3S. The lowest BCUT2D eigenvalue weighted by molar-refractivity contribution is -0.133. The summed E-state index contributed by atoms with van der Waals surface area (Å²) >= 11 is 1.21. The maximum Gasteiger partial charge on any atom is 0.313 e. The summed E-state index contributed by atoms with van der Waals surface area (Å²) in [5, 5.41) is 18.0. The Kier molecular flexibility index (Phi) is 5.46. The van der Waals surface area contributed by atoms with Gasteiger partial charge in [0.05, 0.1) is 12.4 Å². The first-order valence-corrected chi connectivity index (χ1v) is 8.08. The van der Waals surface area contributed by atoms with E-state index in [0.29, 0.717) is 17.8 Å². The Morgan fingerprint density at radius 3 is 2.76 bits per heavy atom. The Morgan fingerprint density at radius 2 is 2.24 bits per heavy atom. The molecule has 0 saturated heterocycles. The molecule has 8 heteroatoms. The molecule has 1 N–H and O–H groups in total. The molecule has 1 heterocycles. The van der Waals surface area contributed by atoms with Gasteiger partial charge in [0.2, 0.25) is 5.95 Å². The van der Waals surface area contributed by atoms with Gasteiger partial charge in [0.15, 0.2) is 5.16 Å². The van der Waals surface area contributed by atoms with E-state index in [-0.39, 0.29) is 11.8 Å². The fraction of sp³-hybridized carbons (Fsp3) is 0.769. The van der Waals surface area contributed by atoms with E-state index in [2.05, 4.69) is 28.9 Å². The number of hydrogen-bond acceptors (Lipinski definition) is 6. The van der Waals surface area contributed by atoms with Gasteiger partial charge in [-0.15, -0.1) is 10.2 Å². The molecule has 1 saturated carbocycles. The van der Waals surface area contributed by atoms with Crippen LogP contribution in [0.2, 0.25) is 0 Å². The number of aromatic nitrogens is 3. The zero-order valence-corrected chi connectivity index (χ0v) is 13.5. The number of carbonyl (C=O) groups is 1. The topological polar surface area (TPSA) is 80.5 Å². The van der Waals surface area contributed by atoms with Crippen molar-refractivity contribution < 1.29 is 14.6 Å². The van der Waals surface area contributed by atoms with E-state index in [1.165, 1.54) is 11.8 Å². The number of aliphatic carboxylic acids is 1. The minimum absolute atomic E-state index is 0.00759. The lowest BCUT2D eigenvalue weighted by Crippen LogP contribution is -2.32. The number of nitrogens with zero attached hydrogens (tertiary/aromatic N) is 4. The second-order valence-electron chi connectivity index (χ2n) is 5.35. The molecule has 2 rings (SSSR count). The number of carboxylic acids is 1. The average molecular weight is 314 g/mol. The summed E-state index contributed by atoms with van der Waals surface area (Å²) in [5.74, 6) is -0.0393. The van der Waals surface area contributed by atoms with Crippen molar-refractivity contribution in [2.24, 2.45) is 0 Å². The summed E-state index contributed by atoms with van der Waals surface area (Å²) in [6.07, 6.45) is 2.32. The van der Waals surface area contributed by atoms with Crippen LogP contribution in [0.5, 0.6) is 0 Å². The van der Waals surface area contributed by atoms with Crippen LogP contribution in [0.4, 0.5) is 5.95 Å². The molecule has 21 heavy (non-hydrogen) atoms. The molecule has 0 spiro atoms. The molecule has 1 aliphatic rings. The monoisotopic (exact) mass is 314 g/mol. The van der Waals surface area contributed by atoms with Crippen molar-refractivity contribution in [2.45, 2.75) is 43.9 Å². The maximum absolute atomic E-state index is 10.7. The fourth-order valence-corrected chi connectivity index (χ4v) is 2.95. The Morgan fingerprint density at radius 1 is 1.52 bits per heavy atom. The Balaban J connectivity index is 2.22. The molecule has 0 radical (unpaired) electrons. The van der Waals surface area contributed by atoms with Gasteiger partial charge in [0.25, 0.3) is 0 Å². The van der Waals surface area contributed by atoms with Crippen molar-refractivity contribution in [3.05, 3.63) is 0 Å². The minimum Gasteiger partial charge on any atom is -0.481 e. The van der Waals surface area contributed by atoms with Crippen LogP contribution in [0.3, 0.4) is 0 Å². The predicted molar refractivity (Wildman–Crippen MR) is 81.0 cm³/mol. The van der Waals surface area contributed by atoms with Crippen molar-refractivity contribution in [3.8, 4) is 0 Å². The van der Waals surface area contributed by atoms with Gasteiger partial charge >= 0.3 is 5.97 Å². The van der Waals surface area contributed by atoms with Crippen LogP contribution >= 0.6 is 11.8 Å². The molecule has 0 unspecified atom stereocenters. The number of hydrogen-bond donors (Lipinski definition) is 1. The smallest absolute Gasteiger partial charge is 0.313 e. The predicted octanol–water partition coefficient (Wildman–Crippen LogP) is 1.65. The SMILES string of the molecule is COCCN(c1nnc(SCC(=O)O)n1C(C)C)C1CC1. The van der Waals surface area contributed by atoms with Crippen molar-refractivity contribution in [3.63, 3.8) is 0 Å². The van der Waals surface area contributed by atoms with Gasteiger partial charge in [0.1, 0.15) is 0 Å². The van der Waals surface area contributed by atoms with E-state index in [1.807, 2.05) is 4.57 Å². The van der Waals surface area contributed by atoms with Gasteiger partial charge in [-0.2, -0.15) is 0 Å². The number of rotatable bonds is 9. The maximum atomic E-state index is 10.7. The van der Waals surface area contributed by atoms with E-state index >= 15 is 0 Å². The molecule has 7 nitrogen and oxygen atoms in total. The molecule has 1 fully saturated rings. The highest BCUT2D eigenvalue weighted by Gasteiger charge is 2.33. The highest BCUT2D eigenvalue weighted by molar-refractivity contribution is 7.99. The van der Waals surface area contributed by atoms with E-state index in [0.717, 1.165) is 25.3 Å². The Labute approximate surface area is 128 Å². The summed E-state index contributed by atoms with van der Waals surface area (Å²) in [6, 6.07) is 0.675. The van der Waals surface area contributed by atoms with Gasteiger partial charge in [-0.3, -0.25) is 9.36 Å². The van der Waals surface area contributed by atoms with E-state index in [9.17, 15) is 4.79 Å². The molecule has 0 amide bonds. The third-order valence-electron chi connectivity index (χ3n) is 3.27. The first kappa shape index (κ1) is 16.1. The molecule has 1 aliphatic carbocycles. The number of carboxylic acid groups (broad SMARTS) is 1. The third-order valence-corrected chi connectivity index (χ3v) is 4.20. The highest BCUT2D eigenvalue weighted by Crippen LogP contribution is 2.33. The summed E-state index contributed by atoms with van der Waals surface area (Å²) in [6.45, 7) is 5.52. The molecule has 0 aromatic carbocycles. The molecule has 0 atom stereocenters. The van der Waals surface area contributed by atoms with Gasteiger partial charge in [0, 0.05) is 25.7 Å². The normalized spacial score (nSPS) is 14.7. The van der Waals surface area contributed by atoms with Crippen molar-refractivity contribution >= 4 is 23.7 Å². The van der Waals surface area contributed by atoms with Gasteiger partial charge in [-0.1, -0.05) is 11.8 Å². The average Bonchev–Trinajstić information content (AvgIpc) is 3.16. The number of thioether (sulfide) groups is 1. The first-order chi connectivity index (χ1) is 10.0. The third kappa shape index (κ3) is 4.10. The second kappa shape index (κ2) is 7.13. The molecule has 1 aromatic rings. The van der Waals surface area contributed by atoms with Crippen LogP contribution in [0.1, 0.15) is 32.7 Å². The molecule has 0 bridgehead atoms. The van der Waals surface area contributed by atoms with Crippen molar-refractivity contribution in [1.82, 2.24) is 14.8 Å². The molecular weight excluding hydrogens is 292 g/mol. The quantitative estimate of drug-likeness (QED) is 0.694. The van der Waals surface area contributed by atoms with Gasteiger partial charge in [-0.25, -0.2) is 0 Å². The summed E-state index contributed by atoms with van der Waals surface area (Å²) in [4.78, 5) is 13.0. The van der Waals surface area contributed by atoms with Gasteiger partial charge < -0.3 is 14.7 Å². The van der Waals surface area contributed by atoms with Crippen LogP contribution < -0.4 is 4.90 Å². The zero-order chi connectivity index (χ0) is 15.4. The summed E-state index contributed by atoms with van der Waals surface area (Å²) in [5.41, 5.74) is 0. The number of methoxy groups -OCH3 is 1. The van der Waals surface area contributed by atoms with Crippen LogP contribution in [-0.4, -0.2) is 57.9 Å². The van der Waals surface area contributed by atoms with Crippen LogP contribution in [0.15, 0.2) is 5.16 Å². The summed E-state index contributed by atoms with van der Waals surface area (Å²) < 4.78 is 7.19. The number of ether oxygens (including phenoxy) is 1. The molecule has 0 aliphatic heterocycles. The van der Waals surface area contributed by atoms with Crippen LogP contribution in [-0.2, 0) is 9.53 Å². The highest BCUT2D eigenvalue weighted by atomic mass is 32.2. The lowest BCUT2D eigenvalue weighted by atomic mass is 10.4. The van der Waals surface area contributed by atoms with Crippen LogP contribution in [0, 0.1) is 0 Å². The second-order valence-corrected chi connectivity index (χ2v) is 6.29. The largest absolute Gasteiger partial charge is 0.481 e. The van der Waals surface area contributed by atoms with Gasteiger partial charge in [-0.05, 0) is 26.7 Å². The zero-order valence-electron chi connectivity index (χ0n) is 12.7. The van der Waals surface area contributed by atoms with E-state index in [4.69, 9.17) is 9.84 Å². The van der Waals surface area contributed by atoms with E-state index in [1.54, 1.807) is 7.11 Å². The Bertz CT molecular complexity index is 488. The minimum atomic E-state index is -0.849. The van der Waals surface area contributed by atoms with Crippen molar-refractivity contribution in [1.29, 1.82) is 0 Å². The van der Waals surface area contributed by atoms with E-state index < -0.39 is 5.97 Å². The summed E-state index contributed by atoms with van der Waals surface area (Å²) in [7, 11) is 1.69. The Hall–Kier alpha value is -1.28.